The number of hydrogen-bond acceptors (Lipinski definition) is 8. The average molecular weight is 869 g/mol. The van der Waals surface area contributed by atoms with Gasteiger partial charge in [0.2, 0.25) is 5.88 Å². The second-order valence-corrected chi connectivity index (χ2v) is 15.9. The standard InChI is InChI=1S/C38H36ClF2IN8O4/c1-19-21(7-6-10-24(19)44-32-30-27(16-28(46-32)38(40,41)42)48(2)36(53)49(3)34(30)51)22-8-5-9-23(31(22)39)25-15-20-11-12-26(29(20)33(45-25)54-4)50-14-13-37(18-50)17-43-35(52)47-37/h5-10,15-16,26H,11-14,17-18H2,1-4H3,(H,44,46)(H2,43,47,52)/t26-,37-/m0/s1. The smallest absolute Gasteiger partial charge is 0.338 e. The van der Waals surface area contributed by atoms with E-state index in [2.05, 4.69) is 31.9 Å². The summed E-state index contributed by atoms with van der Waals surface area (Å²) in [7, 11) is 4.38. The Morgan fingerprint density at radius 3 is 2.52 bits per heavy atom. The van der Waals surface area contributed by atoms with E-state index in [1.54, 1.807) is 19.2 Å². The molecule has 0 unspecified atom stereocenters. The first-order chi connectivity index (χ1) is 25.7. The van der Waals surface area contributed by atoms with Crippen LogP contribution >= 0.6 is 34.2 Å². The van der Waals surface area contributed by atoms with Crippen LogP contribution in [0.1, 0.15) is 41.3 Å². The lowest BCUT2D eigenvalue weighted by molar-refractivity contribution is 0.122. The number of alkyl halides is 3. The number of urea groups is 1. The van der Waals surface area contributed by atoms with Gasteiger partial charge in [-0.15, -0.1) is 0 Å². The minimum Gasteiger partial charge on any atom is -0.481 e. The van der Waals surface area contributed by atoms with E-state index < -0.39 is 20.9 Å². The van der Waals surface area contributed by atoms with Crippen LogP contribution in [0, 0.1) is 6.92 Å². The van der Waals surface area contributed by atoms with Gasteiger partial charge < -0.3 is 20.7 Å². The highest BCUT2D eigenvalue weighted by atomic mass is 127. The molecule has 5 heterocycles. The molecule has 2 fully saturated rings. The van der Waals surface area contributed by atoms with Crippen LogP contribution in [0.5, 0.6) is 5.88 Å². The molecule has 2 amide bonds. The maximum Gasteiger partial charge on any atom is 0.338 e. The highest BCUT2D eigenvalue weighted by Crippen LogP contribution is 2.46. The van der Waals surface area contributed by atoms with Crippen molar-refractivity contribution in [1.29, 1.82) is 0 Å². The number of amides is 2. The number of aryl methyl sites for hydroxylation is 2. The summed E-state index contributed by atoms with van der Waals surface area (Å²) in [5, 5.41) is 9.62. The molecule has 1 aliphatic carbocycles. The Kier molecular flexibility index (Phi) is 8.96. The van der Waals surface area contributed by atoms with Crippen molar-refractivity contribution >= 4 is 62.6 Å². The van der Waals surface area contributed by atoms with Crippen molar-refractivity contribution in [1.82, 2.24) is 34.6 Å². The van der Waals surface area contributed by atoms with Crippen molar-refractivity contribution in [2.75, 3.05) is 32.1 Å². The lowest BCUT2D eigenvalue weighted by atomic mass is 9.96. The Morgan fingerprint density at radius 2 is 1.80 bits per heavy atom. The van der Waals surface area contributed by atoms with Crippen LogP contribution in [0.2, 0.25) is 5.02 Å². The molecule has 3 aromatic heterocycles. The van der Waals surface area contributed by atoms with Crippen LogP contribution in [0.25, 0.3) is 33.3 Å². The molecule has 54 heavy (non-hydrogen) atoms. The number of rotatable bonds is 7. The number of fused-ring (bicyclic) bond motifs is 2. The van der Waals surface area contributed by atoms with E-state index in [1.165, 1.54) is 14.1 Å². The van der Waals surface area contributed by atoms with Gasteiger partial charge in [-0.05, 0) is 61.1 Å². The van der Waals surface area contributed by atoms with Gasteiger partial charge in [0.25, 0.3) is 5.56 Å². The Hall–Kier alpha value is -4.61. The fraction of sp³-hybridized carbons (Fsp3) is 0.342. The molecular weight excluding hydrogens is 833 g/mol. The van der Waals surface area contributed by atoms with Crippen LogP contribution in [0.15, 0.2) is 58.1 Å². The molecule has 280 valence electrons. The zero-order valence-corrected chi connectivity index (χ0v) is 32.7. The van der Waals surface area contributed by atoms with E-state index in [0.29, 0.717) is 40.0 Å². The fourth-order valence-corrected chi connectivity index (χ4v) is 8.79. The Balaban J connectivity index is 1.15. The molecule has 3 aliphatic rings. The monoisotopic (exact) mass is 868 g/mol. The molecule has 12 nitrogen and oxygen atoms in total. The molecule has 0 radical (unpaired) electrons. The van der Waals surface area contributed by atoms with Crippen molar-refractivity contribution in [3.63, 3.8) is 0 Å². The first kappa shape index (κ1) is 36.4. The van der Waals surface area contributed by atoms with Gasteiger partial charge in [-0.3, -0.25) is 18.8 Å². The summed E-state index contributed by atoms with van der Waals surface area (Å²) in [5.41, 5.74) is 4.17. The molecule has 0 saturated carbocycles. The van der Waals surface area contributed by atoms with Crippen LogP contribution in [-0.2, 0) is 24.4 Å². The maximum absolute atomic E-state index is 14.7. The quantitative estimate of drug-likeness (QED) is 0.128. The third-order valence-electron chi connectivity index (χ3n) is 11.0. The number of hydrogen-bond donors (Lipinski definition) is 3. The van der Waals surface area contributed by atoms with Gasteiger partial charge in [-0.2, -0.15) is 8.78 Å². The summed E-state index contributed by atoms with van der Waals surface area (Å²) >= 11 is 8.20. The summed E-state index contributed by atoms with van der Waals surface area (Å²) in [6.07, 6.45) is 2.62. The van der Waals surface area contributed by atoms with Gasteiger partial charge in [0, 0.05) is 84.7 Å². The molecular formula is C38H36ClF2IN8O4. The lowest BCUT2D eigenvalue weighted by Gasteiger charge is -2.28. The van der Waals surface area contributed by atoms with Crippen LogP contribution in [-0.4, -0.2) is 62.3 Å². The predicted octanol–water partition coefficient (Wildman–Crippen LogP) is 6.30. The number of halogens is 4. The van der Waals surface area contributed by atoms with Gasteiger partial charge in [0.1, 0.15) is 16.9 Å². The zero-order valence-electron chi connectivity index (χ0n) is 29.8. The molecule has 8 rings (SSSR count). The molecule has 16 heteroatoms. The Bertz CT molecular complexity index is 2520. The zero-order chi connectivity index (χ0) is 38.3. The molecule has 0 bridgehead atoms. The largest absolute Gasteiger partial charge is 0.481 e. The number of benzene rings is 2. The summed E-state index contributed by atoms with van der Waals surface area (Å²) in [5.74, 6) is 0.447. The molecule has 5 aromatic rings. The van der Waals surface area contributed by atoms with E-state index >= 15 is 0 Å². The highest BCUT2D eigenvalue weighted by Gasteiger charge is 2.47. The fourth-order valence-electron chi connectivity index (χ4n) is 8.19. The van der Waals surface area contributed by atoms with Crippen LogP contribution < -0.4 is 31.9 Å². The third-order valence-corrected chi connectivity index (χ3v) is 12.0. The number of aromatic nitrogens is 4. The van der Waals surface area contributed by atoms with Crippen LogP contribution in [0.3, 0.4) is 0 Å². The second kappa shape index (κ2) is 13.3. The van der Waals surface area contributed by atoms with E-state index in [9.17, 15) is 23.2 Å². The minimum absolute atomic E-state index is 0.000691. The van der Waals surface area contributed by atoms with Crippen molar-refractivity contribution in [3.8, 4) is 28.3 Å². The average Bonchev–Trinajstić information content (AvgIpc) is 3.87. The topological polar surface area (TPSA) is 135 Å². The minimum atomic E-state index is -3.37. The summed E-state index contributed by atoms with van der Waals surface area (Å²) < 4.78 is 33.9. The predicted molar refractivity (Wildman–Crippen MR) is 211 cm³/mol. The Labute approximate surface area is 327 Å². The maximum atomic E-state index is 14.7. The summed E-state index contributed by atoms with van der Waals surface area (Å²) in [6.45, 7) is 4.08. The third kappa shape index (κ3) is 6.00. The highest BCUT2D eigenvalue weighted by molar-refractivity contribution is 14.1. The SMILES string of the molecule is COc1nc(-c2cccc(-c3cccc(Nc4nc(C(F)(F)I)cc5c4c(=O)n(C)c(=O)n5C)c3C)c2Cl)cc2c1[C@@H](N1CC[C@]3(CNC(=O)N3)C1)CC2. The van der Waals surface area contributed by atoms with E-state index in [4.69, 9.17) is 21.3 Å². The first-order valence-corrected chi connectivity index (χ1v) is 18.9. The van der Waals surface area contributed by atoms with Gasteiger partial charge in [0.05, 0.1) is 28.9 Å². The molecule has 3 N–H and O–H groups in total. The van der Waals surface area contributed by atoms with Crippen molar-refractivity contribution in [3.05, 3.63) is 96.8 Å². The number of carbonyl (C=O) groups excluding carboxylic acids is 1. The van der Waals surface area contributed by atoms with Crippen LogP contribution in [0.4, 0.5) is 25.1 Å². The van der Waals surface area contributed by atoms with Crippen molar-refractivity contribution in [2.24, 2.45) is 14.1 Å². The number of ether oxygens (including phenoxy) is 1. The van der Waals surface area contributed by atoms with Gasteiger partial charge in [0.15, 0.2) is 0 Å². The van der Waals surface area contributed by atoms with Gasteiger partial charge >= 0.3 is 15.7 Å². The number of anilines is 2. The summed E-state index contributed by atoms with van der Waals surface area (Å²) in [4.78, 5) is 49.6. The second-order valence-electron chi connectivity index (χ2n) is 14.2. The number of carbonyl (C=O) groups is 1. The van der Waals surface area contributed by atoms with E-state index in [-0.39, 0.29) is 34.3 Å². The molecule has 2 saturated heterocycles. The first-order valence-electron chi connectivity index (χ1n) is 17.4. The number of methoxy groups -OCH3 is 1. The number of nitrogens with one attached hydrogen (secondary N) is 3. The van der Waals surface area contributed by atoms with Gasteiger partial charge in [-0.25, -0.2) is 19.6 Å². The molecule has 2 aliphatic heterocycles. The number of likely N-dealkylation sites (tertiary alicyclic amines) is 1. The molecule has 2 atom stereocenters. The Morgan fingerprint density at radius 1 is 1.06 bits per heavy atom. The number of nitrogens with zero attached hydrogens (tertiary/aromatic N) is 5. The summed E-state index contributed by atoms with van der Waals surface area (Å²) in [6, 6.07) is 14.3. The van der Waals surface area contributed by atoms with Crippen molar-refractivity contribution in [2.45, 2.75) is 41.7 Å². The molecule has 1 spiro atoms. The van der Waals surface area contributed by atoms with E-state index in [1.807, 2.05) is 31.2 Å². The normalized spacial score (nSPS) is 19.7. The molecule has 2 aromatic carbocycles. The van der Waals surface area contributed by atoms with Gasteiger partial charge in [-0.1, -0.05) is 41.9 Å². The number of pyridine rings is 2. The lowest BCUT2D eigenvalue weighted by Crippen LogP contribution is -2.46. The van der Waals surface area contributed by atoms with Crippen molar-refractivity contribution < 1.29 is 18.3 Å². The van der Waals surface area contributed by atoms with E-state index in [0.717, 1.165) is 92.4 Å².